The van der Waals surface area contributed by atoms with E-state index in [0.717, 1.165) is 67.5 Å². The molecule has 1 amide bonds. The van der Waals surface area contributed by atoms with Gasteiger partial charge in [-0.1, -0.05) is 17.7 Å². The number of nitrogens with two attached hydrogens (primary N) is 1. The highest BCUT2D eigenvalue weighted by atomic mass is 35.5. The second kappa shape index (κ2) is 12.5. The van der Waals surface area contributed by atoms with Crippen molar-refractivity contribution in [3.63, 3.8) is 0 Å². The summed E-state index contributed by atoms with van der Waals surface area (Å²) in [5, 5.41) is 10.9. The summed E-state index contributed by atoms with van der Waals surface area (Å²) in [4.78, 5) is 33.0. The van der Waals surface area contributed by atoms with Gasteiger partial charge in [-0.15, -0.1) is 0 Å². The Morgan fingerprint density at radius 3 is 2.94 bits per heavy atom. The minimum atomic E-state index is -0.863. The Labute approximate surface area is 279 Å². The van der Waals surface area contributed by atoms with Crippen LogP contribution in [0.4, 0.5) is 10.2 Å². The average molecular weight is 668 g/mol. The van der Waals surface area contributed by atoms with Crippen LogP contribution in [0, 0.1) is 0 Å². The normalized spacial score (nSPS) is 27.6. The molecule has 7 rings (SSSR count). The summed E-state index contributed by atoms with van der Waals surface area (Å²) >= 11 is 6.76. The number of carbonyl (C=O) groups excluding carboxylic acids is 1. The molecular weight excluding hydrogens is 625 g/mol. The zero-order valence-corrected chi connectivity index (χ0v) is 27.9. The zero-order valence-electron chi connectivity index (χ0n) is 27.1. The summed E-state index contributed by atoms with van der Waals surface area (Å²) in [6, 6.07) is 3.82. The number of aromatic nitrogens is 2. The third-order valence-electron chi connectivity index (χ3n) is 10.4. The van der Waals surface area contributed by atoms with E-state index in [-0.39, 0.29) is 35.5 Å². The first-order valence-corrected chi connectivity index (χ1v) is 17.0. The number of aliphatic imine (C=N–C) groups is 1. The van der Waals surface area contributed by atoms with Gasteiger partial charge in [0.05, 0.1) is 40.8 Å². The molecule has 4 aliphatic heterocycles. The monoisotopic (exact) mass is 667 g/mol. The van der Waals surface area contributed by atoms with Crippen LogP contribution in [0.5, 0.6) is 11.8 Å². The third kappa shape index (κ3) is 5.93. The van der Waals surface area contributed by atoms with Gasteiger partial charge in [-0.05, 0) is 62.8 Å². The number of carbonyl (C=O) groups is 1. The molecule has 2 saturated heterocycles. The lowest BCUT2D eigenvalue weighted by Gasteiger charge is -2.43. The van der Waals surface area contributed by atoms with Crippen LogP contribution in [-0.4, -0.2) is 102 Å². The fourth-order valence-electron chi connectivity index (χ4n) is 8.19. The zero-order chi connectivity index (χ0) is 32.9. The molecule has 5 aliphatic rings. The fraction of sp³-hybridized carbons (Fsp3) is 0.588. The molecule has 1 spiro atoms. The summed E-state index contributed by atoms with van der Waals surface area (Å²) in [6.07, 6.45) is 6.85. The van der Waals surface area contributed by atoms with Crippen molar-refractivity contribution in [3.8, 4) is 11.8 Å². The number of hydrogen-bond acceptors (Lipinski definition) is 10. The predicted octanol–water partition coefficient (Wildman–Crippen LogP) is 3.68. The highest BCUT2D eigenvalue weighted by molar-refractivity contribution is 6.33. The van der Waals surface area contributed by atoms with Crippen molar-refractivity contribution in [2.75, 3.05) is 58.3 Å². The van der Waals surface area contributed by atoms with E-state index in [1.165, 1.54) is 4.90 Å². The smallest absolute Gasteiger partial charge is 0.318 e. The van der Waals surface area contributed by atoms with Crippen molar-refractivity contribution < 1.29 is 23.8 Å². The first kappa shape index (κ1) is 32.1. The number of alkyl halides is 1. The lowest BCUT2D eigenvalue weighted by molar-refractivity contribution is -0.124. The van der Waals surface area contributed by atoms with Gasteiger partial charge < -0.3 is 30.1 Å². The van der Waals surface area contributed by atoms with E-state index >= 15 is 0 Å². The summed E-state index contributed by atoms with van der Waals surface area (Å²) in [6.45, 7) is 3.51. The van der Waals surface area contributed by atoms with E-state index in [2.05, 4.69) is 9.80 Å². The Morgan fingerprint density at radius 1 is 1.26 bits per heavy atom. The maximum atomic E-state index is 14.6. The third-order valence-corrected chi connectivity index (χ3v) is 10.8. The van der Waals surface area contributed by atoms with Gasteiger partial charge in [-0.2, -0.15) is 9.97 Å². The number of aromatic hydroxyl groups is 1. The van der Waals surface area contributed by atoms with Crippen molar-refractivity contribution in [2.24, 2.45) is 10.7 Å². The number of phenols is 1. The van der Waals surface area contributed by atoms with Gasteiger partial charge in [0.1, 0.15) is 29.9 Å². The number of halogens is 2. The van der Waals surface area contributed by atoms with Gasteiger partial charge in [0.25, 0.3) is 5.91 Å². The Hall–Kier alpha value is -3.48. The van der Waals surface area contributed by atoms with E-state index in [0.29, 0.717) is 62.2 Å². The number of phenolic OH excluding ortho intramolecular Hbond substituents is 1. The van der Waals surface area contributed by atoms with Gasteiger partial charge in [0, 0.05) is 57.7 Å². The highest BCUT2D eigenvalue weighted by Crippen LogP contribution is 2.50. The summed E-state index contributed by atoms with van der Waals surface area (Å²) in [7, 11) is 3.32. The van der Waals surface area contributed by atoms with Crippen molar-refractivity contribution >= 4 is 29.0 Å². The summed E-state index contributed by atoms with van der Waals surface area (Å²) < 4.78 is 27.8. The average Bonchev–Trinajstić information content (AvgIpc) is 3.47. The minimum absolute atomic E-state index is 0.0352. The number of rotatable bonds is 6. The molecule has 3 N–H and O–H groups in total. The molecule has 3 atom stereocenters. The lowest BCUT2D eigenvalue weighted by atomic mass is 9.74. The van der Waals surface area contributed by atoms with Crippen molar-refractivity contribution in [1.29, 1.82) is 0 Å². The molecule has 0 saturated carbocycles. The number of fused-ring (bicyclic) bond motifs is 4. The minimum Gasteiger partial charge on any atom is -0.506 e. The van der Waals surface area contributed by atoms with Crippen LogP contribution in [0.2, 0.25) is 5.02 Å². The molecular formula is C34H43ClFN7O4. The number of likely N-dealkylation sites (N-methyl/N-ethyl adjacent to an activating group) is 1. The SMILES string of the molecule is CN(C)C(=O)C(N)=CC1=NCCCN(c2nc(OC[C@@]34CCCN3C[C@H](F)C4)nc3c2COC2(CCCc4ccc(O)c(Cl)c42)C3)C1. The van der Waals surface area contributed by atoms with Crippen LogP contribution in [0.3, 0.4) is 0 Å². The van der Waals surface area contributed by atoms with Gasteiger partial charge >= 0.3 is 6.01 Å². The predicted molar refractivity (Wildman–Crippen MR) is 177 cm³/mol. The Morgan fingerprint density at radius 2 is 2.11 bits per heavy atom. The van der Waals surface area contributed by atoms with E-state index in [1.54, 1.807) is 26.2 Å². The molecule has 2 fully saturated rings. The molecule has 1 aliphatic carbocycles. The lowest BCUT2D eigenvalue weighted by Crippen LogP contribution is -2.44. The Balaban J connectivity index is 1.26. The molecule has 47 heavy (non-hydrogen) atoms. The van der Waals surface area contributed by atoms with E-state index < -0.39 is 11.8 Å². The number of benzene rings is 1. The number of amides is 1. The molecule has 0 radical (unpaired) electrons. The molecule has 2 aromatic rings. The van der Waals surface area contributed by atoms with Crippen molar-refractivity contribution in [3.05, 3.63) is 51.3 Å². The van der Waals surface area contributed by atoms with Crippen LogP contribution in [-0.2, 0) is 34.6 Å². The van der Waals surface area contributed by atoms with Crippen molar-refractivity contribution in [1.82, 2.24) is 19.8 Å². The second-order valence-electron chi connectivity index (χ2n) is 13.8. The standard InChI is InChI=1S/C34H43ClFN7O4/c1-41(2)31(45)25(37)14-23-18-42(12-5-11-38-23)30-24-19-47-34(10-3-6-21-7-8-27(44)29(35)28(21)34)16-26(24)39-32(40-30)46-20-33-9-4-13-43(33)17-22(36)15-33/h7-8,14,22,44H,3-6,9-13,15-20,37H2,1-2H3/t22-,33+,34?/m1/s1. The molecule has 11 nitrogen and oxygen atoms in total. The number of aryl methyl sites for hydroxylation is 1. The number of nitrogens with zero attached hydrogens (tertiary/aromatic N) is 6. The largest absolute Gasteiger partial charge is 0.506 e. The van der Waals surface area contributed by atoms with Gasteiger partial charge in [0.2, 0.25) is 0 Å². The maximum absolute atomic E-state index is 14.6. The van der Waals surface area contributed by atoms with E-state index in [4.69, 9.17) is 41.8 Å². The number of hydrogen-bond donors (Lipinski definition) is 2. The topological polar surface area (TPSA) is 130 Å². The number of ether oxygens (including phenoxy) is 2. The molecule has 1 aromatic carbocycles. The molecule has 1 aromatic heterocycles. The number of anilines is 1. The van der Waals surface area contributed by atoms with Crippen LogP contribution in [0.25, 0.3) is 0 Å². The van der Waals surface area contributed by atoms with Crippen molar-refractivity contribution in [2.45, 2.75) is 75.3 Å². The van der Waals surface area contributed by atoms with Crippen LogP contribution < -0.4 is 15.4 Å². The summed E-state index contributed by atoms with van der Waals surface area (Å²) in [5.41, 5.74) is 9.43. The molecule has 0 bridgehead atoms. The quantitative estimate of drug-likeness (QED) is 0.443. The molecule has 1 unspecified atom stereocenters. The van der Waals surface area contributed by atoms with Gasteiger partial charge in [-0.25, -0.2) is 4.39 Å². The Bertz CT molecular complexity index is 1640. The van der Waals surface area contributed by atoms with Crippen LogP contribution in [0.15, 0.2) is 28.9 Å². The van der Waals surface area contributed by atoms with E-state index in [1.807, 2.05) is 6.07 Å². The van der Waals surface area contributed by atoms with Gasteiger partial charge in [-0.3, -0.25) is 14.7 Å². The van der Waals surface area contributed by atoms with E-state index in [9.17, 15) is 14.3 Å². The first-order chi connectivity index (χ1) is 22.6. The van der Waals surface area contributed by atoms with Crippen LogP contribution in [0.1, 0.15) is 60.9 Å². The fourth-order valence-corrected chi connectivity index (χ4v) is 8.55. The second-order valence-corrected chi connectivity index (χ2v) is 14.2. The van der Waals surface area contributed by atoms with Gasteiger partial charge in [0.15, 0.2) is 0 Å². The summed E-state index contributed by atoms with van der Waals surface area (Å²) in [5.74, 6) is 0.444. The first-order valence-electron chi connectivity index (χ1n) is 16.6. The highest BCUT2D eigenvalue weighted by Gasteiger charge is 2.50. The molecule has 252 valence electrons. The Kier molecular flexibility index (Phi) is 8.55. The molecule has 5 heterocycles. The molecule has 13 heteroatoms. The van der Waals surface area contributed by atoms with Crippen LogP contribution >= 0.6 is 11.6 Å². The maximum Gasteiger partial charge on any atom is 0.318 e.